The first kappa shape index (κ1) is 13.8. The SMILES string of the molecule is O=Cc1ccc(C(=O)Nc2ccccc2NC(=O)O)s1. The van der Waals surface area contributed by atoms with E-state index in [1.165, 1.54) is 12.1 Å². The summed E-state index contributed by atoms with van der Waals surface area (Å²) in [5.41, 5.74) is 0.626. The van der Waals surface area contributed by atoms with Crippen LogP contribution in [0.15, 0.2) is 36.4 Å². The van der Waals surface area contributed by atoms with Crippen LogP contribution < -0.4 is 10.6 Å². The first-order valence-electron chi connectivity index (χ1n) is 5.55. The van der Waals surface area contributed by atoms with Gasteiger partial charge in [-0.3, -0.25) is 14.9 Å². The molecule has 6 nitrogen and oxygen atoms in total. The third-order valence-electron chi connectivity index (χ3n) is 2.38. The molecule has 0 radical (unpaired) electrons. The minimum absolute atomic E-state index is 0.278. The van der Waals surface area contributed by atoms with Gasteiger partial charge in [0.05, 0.1) is 21.1 Å². The van der Waals surface area contributed by atoms with Crippen LogP contribution in [0, 0.1) is 0 Å². The molecule has 3 N–H and O–H groups in total. The molecule has 0 aliphatic heterocycles. The van der Waals surface area contributed by atoms with Crippen LogP contribution in [0.1, 0.15) is 19.3 Å². The van der Waals surface area contributed by atoms with Crippen LogP contribution in [0.5, 0.6) is 0 Å². The second-order valence-corrected chi connectivity index (χ2v) is 4.87. The molecule has 2 aromatic rings. The fourth-order valence-electron chi connectivity index (χ4n) is 1.54. The number of hydrogen-bond acceptors (Lipinski definition) is 4. The van der Waals surface area contributed by atoms with Crippen molar-refractivity contribution in [1.29, 1.82) is 0 Å². The third kappa shape index (κ3) is 3.21. The van der Waals surface area contributed by atoms with Gasteiger partial charge in [-0.2, -0.15) is 0 Å². The summed E-state index contributed by atoms with van der Waals surface area (Å²) in [6.45, 7) is 0. The van der Waals surface area contributed by atoms with Crippen molar-refractivity contribution in [2.45, 2.75) is 0 Å². The number of benzene rings is 1. The molecular formula is C13H10N2O4S. The Balaban J connectivity index is 2.19. The van der Waals surface area contributed by atoms with E-state index in [1.807, 2.05) is 0 Å². The lowest BCUT2D eigenvalue weighted by Crippen LogP contribution is -2.14. The molecule has 0 bridgehead atoms. The first-order valence-corrected chi connectivity index (χ1v) is 6.37. The van der Waals surface area contributed by atoms with Gasteiger partial charge in [-0.05, 0) is 24.3 Å². The van der Waals surface area contributed by atoms with Gasteiger partial charge in [0.15, 0.2) is 6.29 Å². The zero-order chi connectivity index (χ0) is 14.5. The topological polar surface area (TPSA) is 95.5 Å². The van der Waals surface area contributed by atoms with Crippen molar-refractivity contribution in [3.8, 4) is 0 Å². The minimum atomic E-state index is -1.22. The maximum absolute atomic E-state index is 12.0. The molecule has 0 atom stereocenters. The molecule has 1 aromatic heterocycles. The van der Waals surface area contributed by atoms with E-state index >= 15 is 0 Å². The van der Waals surface area contributed by atoms with Gasteiger partial charge in [0, 0.05) is 0 Å². The largest absolute Gasteiger partial charge is 0.465 e. The molecule has 1 heterocycles. The molecule has 0 unspecified atom stereocenters. The van der Waals surface area contributed by atoms with Crippen LogP contribution in [-0.4, -0.2) is 23.4 Å². The van der Waals surface area contributed by atoms with Gasteiger partial charge < -0.3 is 10.4 Å². The van der Waals surface area contributed by atoms with Gasteiger partial charge in [-0.15, -0.1) is 11.3 Å². The van der Waals surface area contributed by atoms with Gasteiger partial charge >= 0.3 is 6.09 Å². The van der Waals surface area contributed by atoms with Crippen molar-refractivity contribution >= 4 is 41.0 Å². The monoisotopic (exact) mass is 290 g/mol. The van der Waals surface area contributed by atoms with E-state index in [9.17, 15) is 14.4 Å². The van der Waals surface area contributed by atoms with E-state index in [0.29, 0.717) is 21.7 Å². The maximum atomic E-state index is 12.0. The normalized spacial score (nSPS) is 9.80. The van der Waals surface area contributed by atoms with Gasteiger partial charge in [-0.1, -0.05) is 12.1 Å². The summed E-state index contributed by atoms with van der Waals surface area (Å²) in [7, 11) is 0. The average Bonchev–Trinajstić information content (AvgIpc) is 2.89. The molecule has 1 aromatic carbocycles. The van der Waals surface area contributed by atoms with E-state index in [-0.39, 0.29) is 5.69 Å². The Bertz CT molecular complexity index is 666. The van der Waals surface area contributed by atoms with Crippen LogP contribution in [0.3, 0.4) is 0 Å². The zero-order valence-electron chi connectivity index (χ0n) is 10.1. The van der Waals surface area contributed by atoms with Crippen LogP contribution in [0.2, 0.25) is 0 Å². The first-order chi connectivity index (χ1) is 9.60. The summed E-state index contributed by atoms with van der Waals surface area (Å²) in [6.07, 6.45) is -0.549. The Morgan fingerprint density at radius 2 is 1.70 bits per heavy atom. The Morgan fingerprint density at radius 1 is 1.05 bits per heavy atom. The molecule has 0 saturated carbocycles. The highest BCUT2D eigenvalue weighted by Crippen LogP contribution is 2.23. The second-order valence-electron chi connectivity index (χ2n) is 3.75. The van der Waals surface area contributed by atoms with Crippen LogP contribution in [-0.2, 0) is 0 Å². The summed E-state index contributed by atoms with van der Waals surface area (Å²) in [6, 6.07) is 9.53. The van der Waals surface area contributed by atoms with Crippen LogP contribution in [0.25, 0.3) is 0 Å². The molecule has 0 saturated heterocycles. The van der Waals surface area contributed by atoms with Crippen molar-refractivity contribution in [1.82, 2.24) is 0 Å². The van der Waals surface area contributed by atoms with Gasteiger partial charge in [-0.25, -0.2) is 4.79 Å². The van der Waals surface area contributed by atoms with Gasteiger partial charge in [0.1, 0.15) is 0 Å². The Hall–Kier alpha value is -2.67. The number of carboxylic acid groups (broad SMARTS) is 1. The third-order valence-corrected chi connectivity index (χ3v) is 3.39. The molecule has 0 aliphatic carbocycles. The Morgan fingerprint density at radius 3 is 2.25 bits per heavy atom. The van der Waals surface area contributed by atoms with Crippen molar-refractivity contribution in [2.75, 3.05) is 10.6 Å². The summed E-state index contributed by atoms with van der Waals surface area (Å²) in [5.74, 6) is -0.400. The highest BCUT2D eigenvalue weighted by atomic mass is 32.1. The van der Waals surface area contributed by atoms with E-state index in [0.717, 1.165) is 11.3 Å². The molecule has 20 heavy (non-hydrogen) atoms. The van der Waals surface area contributed by atoms with Crippen molar-refractivity contribution in [2.24, 2.45) is 0 Å². The average molecular weight is 290 g/mol. The quantitative estimate of drug-likeness (QED) is 0.754. The predicted molar refractivity (Wildman–Crippen MR) is 75.7 cm³/mol. The summed E-state index contributed by atoms with van der Waals surface area (Å²) >= 11 is 1.06. The molecule has 102 valence electrons. The fraction of sp³-hybridized carbons (Fsp3) is 0. The van der Waals surface area contributed by atoms with Gasteiger partial charge in [0.25, 0.3) is 5.91 Å². The summed E-state index contributed by atoms with van der Waals surface area (Å²) in [4.78, 5) is 34.1. The number of amides is 2. The predicted octanol–water partition coefficient (Wildman–Crippen LogP) is 2.90. The highest BCUT2D eigenvalue weighted by Gasteiger charge is 2.12. The molecular weight excluding hydrogens is 280 g/mol. The van der Waals surface area contributed by atoms with Crippen molar-refractivity contribution in [3.63, 3.8) is 0 Å². The molecule has 0 spiro atoms. The Kier molecular flexibility index (Phi) is 4.11. The smallest absolute Gasteiger partial charge is 0.409 e. The highest BCUT2D eigenvalue weighted by molar-refractivity contribution is 7.15. The lowest BCUT2D eigenvalue weighted by Gasteiger charge is -2.09. The minimum Gasteiger partial charge on any atom is -0.465 e. The number of rotatable bonds is 4. The molecule has 0 aliphatic rings. The second kappa shape index (κ2) is 5.98. The van der Waals surface area contributed by atoms with Crippen LogP contribution in [0.4, 0.5) is 16.2 Å². The fourth-order valence-corrected chi connectivity index (χ4v) is 2.26. The summed E-state index contributed by atoms with van der Waals surface area (Å²) < 4.78 is 0. The lowest BCUT2D eigenvalue weighted by atomic mass is 10.2. The maximum Gasteiger partial charge on any atom is 0.409 e. The number of carbonyl (C=O) groups is 3. The standard InChI is InChI=1S/C13H10N2O4S/c16-7-8-5-6-11(20-8)12(17)14-9-3-1-2-4-10(9)15-13(18)19/h1-7,15H,(H,14,17)(H,18,19). The number of hydrogen-bond donors (Lipinski definition) is 3. The van der Waals surface area contributed by atoms with Crippen LogP contribution >= 0.6 is 11.3 Å². The number of aldehydes is 1. The van der Waals surface area contributed by atoms with Crippen molar-refractivity contribution in [3.05, 3.63) is 46.2 Å². The van der Waals surface area contributed by atoms with E-state index < -0.39 is 12.0 Å². The van der Waals surface area contributed by atoms with E-state index in [4.69, 9.17) is 5.11 Å². The molecule has 0 fully saturated rings. The number of anilines is 2. The van der Waals surface area contributed by atoms with Gasteiger partial charge in [0.2, 0.25) is 0 Å². The molecule has 2 rings (SSSR count). The number of carbonyl (C=O) groups excluding carboxylic acids is 2. The summed E-state index contributed by atoms with van der Waals surface area (Å²) in [5, 5.41) is 13.5. The van der Waals surface area contributed by atoms with E-state index in [2.05, 4.69) is 10.6 Å². The molecule has 7 heteroatoms. The lowest BCUT2D eigenvalue weighted by molar-refractivity contribution is 0.103. The van der Waals surface area contributed by atoms with Crippen molar-refractivity contribution < 1.29 is 19.5 Å². The Labute approximate surface area is 118 Å². The zero-order valence-corrected chi connectivity index (χ0v) is 10.9. The van der Waals surface area contributed by atoms with E-state index in [1.54, 1.807) is 24.3 Å². The molecule has 2 amide bonds. The number of para-hydroxylation sites is 2. The number of thiophene rings is 1. The number of nitrogens with one attached hydrogen (secondary N) is 2.